The Hall–Kier alpha value is -3.07. The van der Waals surface area contributed by atoms with Crippen molar-refractivity contribution in [2.45, 2.75) is 13.5 Å². The van der Waals surface area contributed by atoms with Gasteiger partial charge in [-0.15, -0.1) is 0 Å². The number of aromatic hydroxyl groups is 1. The average molecular weight is 317 g/mol. The molecule has 0 atom stereocenters. The number of phenolic OH excluding ortho intramolecular Hbond substituents is 1. The van der Waals surface area contributed by atoms with Crippen LogP contribution in [-0.4, -0.2) is 11.0 Å². The standard InChI is InChI=1S/C21H19NO2/c1-15-13-18(16-9-11-20(23)12-10-16)7-8-19(15)14-22-21(24)17-5-3-2-4-6-17/h2-13,23H,14H2,1H3,(H,22,24). The van der Waals surface area contributed by atoms with Crippen LogP contribution in [0.5, 0.6) is 5.75 Å². The van der Waals surface area contributed by atoms with Crippen molar-refractivity contribution in [2.75, 3.05) is 0 Å². The highest BCUT2D eigenvalue weighted by Gasteiger charge is 2.06. The normalized spacial score (nSPS) is 10.4. The highest BCUT2D eigenvalue weighted by Crippen LogP contribution is 2.24. The molecule has 3 rings (SSSR count). The molecule has 120 valence electrons. The van der Waals surface area contributed by atoms with Crippen LogP contribution in [0.2, 0.25) is 0 Å². The van der Waals surface area contributed by atoms with Crippen molar-refractivity contribution in [3.8, 4) is 16.9 Å². The predicted molar refractivity (Wildman–Crippen MR) is 95.9 cm³/mol. The lowest BCUT2D eigenvalue weighted by atomic mass is 9.99. The minimum absolute atomic E-state index is 0.0717. The van der Waals surface area contributed by atoms with E-state index in [-0.39, 0.29) is 11.7 Å². The first kappa shape index (κ1) is 15.8. The lowest BCUT2D eigenvalue weighted by Gasteiger charge is -2.10. The van der Waals surface area contributed by atoms with Crippen molar-refractivity contribution in [1.29, 1.82) is 0 Å². The molecule has 0 fully saturated rings. The van der Waals surface area contributed by atoms with Gasteiger partial charge in [-0.1, -0.05) is 48.5 Å². The molecule has 0 heterocycles. The topological polar surface area (TPSA) is 49.3 Å². The van der Waals surface area contributed by atoms with E-state index in [2.05, 4.69) is 11.4 Å². The fraction of sp³-hybridized carbons (Fsp3) is 0.0952. The maximum absolute atomic E-state index is 12.1. The van der Waals surface area contributed by atoms with E-state index in [0.29, 0.717) is 12.1 Å². The Morgan fingerprint density at radius 1 is 0.917 bits per heavy atom. The molecular formula is C21H19NO2. The summed E-state index contributed by atoms with van der Waals surface area (Å²) < 4.78 is 0. The van der Waals surface area contributed by atoms with Gasteiger partial charge in [0.1, 0.15) is 5.75 Å². The van der Waals surface area contributed by atoms with Crippen LogP contribution in [0.15, 0.2) is 72.8 Å². The third-order valence-corrected chi connectivity index (χ3v) is 4.02. The quantitative estimate of drug-likeness (QED) is 0.754. The predicted octanol–water partition coefficient (Wildman–Crippen LogP) is 4.30. The third kappa shape index (κ3) is 3.63. The zero-order chi connectivity index (χ0) is 16.9. The maximum Gasteiger partial charge on any atom is 0.251 e. The van der Waals surface area contributed by atoms with Crippen molar-refractivity contribution in [2.24, 2.45) is 0 Å². The smallest absolute Gasteiger partial charge is 0.251 e. The number of rotatable bonds is 4. The van der Waals surface area contributed by atoms with Crippen LogP contribution in [0.1, 0.15) is 21.5 Å². The van der Waals surface area contributed by atoms with Crippen LogP contribution < -0.4 is 5.32 Å². The second kappa shape index (κ2) is 7.01. The average Bonchev–Trinajstić information content (AvgIpc) is 2.62. The first-order chi connectivity index (χ1) is 11.6. The van der Waals surface area contributed by atoms with Crippen molar-refractivity contribution in [3.63, 3.8) is 0 Å². The number of carbonyl (C=O) groups is 1. The number of carbonyl (C=O) groups excluding carboxylic acids is 1. The first-order valence-corrected chi connectivity index (χ1v) is 7.85. The fourth-order valence-corrected chi connectivity index (χ4v) is 2.59. The van der Waals surface area contributed by atoms with Gasteiger partial charge in [-0.2, -0.15) is 0 Å². The maximum atomic E-state index is 12.1. The molecule has 24 heavy (non-hydrogen) atoms. The van der Waals surface area contributed by atoms with Crippen molar-refractivity contribution in [3.05, 3.63) is 89.5 Å². The van der Waals surface area contributed by atoms with E-state index in [1.54, 1.807) is 24.3 Å². The summed E-state index contributed by atoms with van der Waals surface area (Å²) in [5, 5.41) is 12.3. The van der Waals surface area contributed by atoms with E-state index in [1.165, 1.54) is 0 Å². The number of hydrogen-bond donors (Lipinski definition) is 2. The molecule has 0 bridgehead atoms. The van der Waals surface area contributed by atoms with E-state index >= 15 is 0 Å². The molecule has 1 amide bonds. The molecule has 3 nitrogen and oxygen atoms in total. The van der Waals surface area contributed by atoms with Gasteiger partial charge in [0.2, 0.25) is 0 Å². The number of phenols is 1. The van der Waals surface area contributed by atoms with E-state index in [0.717, 1.165) is 22.3 Å². The molecule has 0 saturated carbocycles. The van der Waals surface area contributed by atoms with Gasteiger partial charge in [0.15, 0.2) is 0 Å². The highest BCUT2D eigenvalue weighted by atomic mass is 16.3. The Labute approximate surface area is 141 Å². The molecule has 3 heteroatoms. The van der Waals surface area contributed by atoms with Crippen molar-refractivity contribution >= 4 is 5.91 Å². The lowest BCUT2D eigenvalue weighted by molar-refractivity contribution is 0.0951. The number of nitrogens with one attached hydrogen (secondary N) is 1. The van der Waals surface area contributed by atoms with Crippen molar-refractivity contribution in [1.82, 2.24) is 5.32 Å². The minimum Gasteiger partial charge on any atom is -0.508 e. The van der Waals surface area contributed by atoms with Gasteiger partial charge >= 0.3 is 0 Å². The molecule has 0 aliphatic rings. The SMILES string of the molecule is Cc1cc(-c2ccc(O)cc2)ccc1CNC(=O)c1ccccc1. The Morgan fingerprint density at radius 3 is 2.25 bits per heavy atom. The molecule has 0 unspecified atom stereocenters. The number of hydrogen-bond acceptors (Lipinski definition) is 2. The van der Waals surface area contributed by atoms with Gasteiger partial charge in [0, 0.05) is 12.1 Å². The summed E-state index contributed by atoms with van der Waals surface area (Å²) in [5.41, 5.74) is 5.01. The Morgan fingerprint density at radius 2 is 1.58 bits per heavy atom. The van der Waals surface area contributed by atoms with Gasteiger partial charge in [-0.05, 0) is 53.4 Å². The number of benzene rings is 3. The molecule has 0 spiro atoms. The summed E-state index contributed by atoms with van der Waals surface area (Å²) in [6, 6.07) is 22.5. The van der Waals surface area contributed by atoms with Crippen LogP contribution >= 0.6 is 0 Å². The van der Waals surface area contributed by atoms with Crippen LogP contribution in [0.4, 0.5) is 0 Å². The molecule has 3 aromatic rings. The van der Waals surface area contributed by atoms with Gasteiger partial charge in [0.25, 0.3) is 5.91 Å². The Balaban J connectivity index is 1.71. The summed E-state index contributed by atoms with van der Waals surface area (Å²) in [6.45, 7) is 2.53. The molecule has 2 N–H and O–H groups in total. The zero-order valence-electron chi connectivity index (χ0n) is 13.5. The fourth-order valence-electron chi connectivity index (χ4n) is 2.59. The molecule has 0 aromatic heterocycles. The summed E-state index contributed by atoms with van der Waals surface area (Å²) in [5.74, 6) is 0.188. The van der Waals surface area contributed by atoms with E-state index < -0.39 is 0 Å². The van der Waals surface area contributed by atoms with Crippen molar-refractivity contribution < 1.29 is 9.90 Å². The highest BCUT2D eigenvalue weighted by molar-refractivity contribution is 5.94. The molecule has 0 saturated heterocycles. The van der Waals surface area contributed by atoms with Crippen LogP contribution in [0.25, 0.3) is 11.1 Å². The number of amides is 1. The van der Waals surface area contributed by atoms with Gasteiger partial charge in [-0.25, -0.2) is 0 Å². The summed E-state index contributed by atoms with van der Waals surface area (Å²) in [4.78, 5) is 12.1. The largest absolute Gasteiger partial charge is 0.508 e. The van der Waals surface area contributed by atoms with E-state index in [1.807, 2.05) is 49.4 Å². The molecular weight excluding hydrogens is 298 g/mol. The monoisotopic (exact) mass is 317 g/mol. The van der Waals surface area contributed by atoms with Gasteiger partial charge in [-0.3, -0.25) is 4.79 Å². The Kier molecular flexibility index (Phi) is 4.62. The Bertz CT molecular complexity index is 839. The van der Waals surface area contributed by atoms with E-state index in [4.69, 9.17) is 0 Å². The van der Waals surface area contributed by atoms with Crippen LogP contribution in [-0.2, 0) is 6.54 Å². The molecule has 0 aliphatic carbocycles. The van der Waals surface area contributed by atoms with Gasteiger partial charge in [0.05, 0.1) is 0 Å². The second-order valence-electron chi connectivity index (χ2n) is 5.74. The lowest BCUT2D eigenvalue weighted by Crippen LogP contribution is -2.23. The molecule has 3 aromatic carbocycles. The van der Waals surface area contributed by atoms with E-state index in [9.17, 15) is 9.90 Å². The molecule has 0 aliphatic heterocycles. The zero-order valence-corrected chi connectivity index (χ0v) is 13.5. The third-order valence-electron chi connectivity index (χ3n) is 4.02. The first-order valence-electron chi connectivity index (χ1n) is 7.85. The summed E-state index contributed by atoms with van der Waals surface area (Å²) in [6.07, 6.45) is 0. The second-order valence-corrected chi connectivity index (χ2v) is 5.74. The van der Waals surface area contributed by atoms with Crippen LogP contribution in [0.3, 0.4) is 0 Å². The van der Waals surface area contributed by atoms with Gasteiger partial charge < -0.3 is 10.4 Å². The van der Waals surface area contributed by atoms with Crippen LogP contribution in [0, 0.1) is 6.92 Å². The summed E-state index contributed by atoms with van der Waals surface area (Å²) in [7, 11) is 0. The molecule has 0 radical (unpaired) electrons. The summed E-state index contributed by atoms with van der Waals surface area (Å²) >= 11 is 0. The number of aryl methyl sites for hydroxylation is 1. The minimum atomic E-state index is -0.0717.